The van der Waals surface area contributed by atoms with Crippen LogP contribution in [0.4, 0.5) is 4.39 Å². The summed E-state index contributed by atoms with van der Waals surface area (Å²) in [7, 11) is -3.69. The number of amides is 1. The van der Waals surface area contributed by atoms with Gasteiger partial charge in [0.05, 0.1) is 27.3 Å². The number of halogens is 1. The molecule has 3 aromatic rings. The molecule has 2 aromatic carbocycles. The second-order valence-electron chi connectivity index (χ2n) is 7.76. The van der Waals surface area contributed by atoms with Gasteiger partial charge < -0.3 is 9.30 Å². The molecule has 0 bridgehead atoms. The minimum atomic E-state index is -3.69. The largest absolute Gasteiger partial charge is 0.373 e. The van der Waals surface area contributed by atoms with Crippen molar-refractivity contribution in [1.82, 2.24) is 8.87 Å². The first-order chi connectivity index (χ1) is 15.2. The summed E-state index contributed by atoms with van der Waals surface area (Å²) in [4.78, 5) is 17.5. The van der Waals surface area contributed by atoms with Crippen LogP contribution in [-0.4, -0.2) is 48.5 Å². The van der Waals surface area contributed by atoms with Crippen molar-refractivity contribution in [2.24, 2.45) is 4.99 Å². The van der Waals surface area contributed by atoms with E-state index in [0.29, 0.717) is 16.0 Å². The molecule has 170 valence electrons. The summed E-state index contributed by atoms with van der Waals surface area (Å²) in [6.07, 6.45) is -0.374. The molecule has 1 fully saturated rings. The van der Waals surface area contributed by atoms with E-state index in [1.165, 1.54) is 52.0 Å². The molecule has 1 aliphatic heterocycles. The number of aryl methyl sites for hydroxylation is 1. The van der Waals surface area contributed by atoms with Crippen LogP contribution in [0.1, 0.15) is 31.1 Å². The van der Waals surface area contributed by atoms with Crippen molar-refractivity contribution in [3.05, 3.63) is 58.6 Å². The summed E-state index contributed by atoms with van der Waals surface area (Å²) in [5.41, 5.74) is 1.08. The lowest BCUT2D eigenvalue weighted by molar-refractivity contribution is -0.0440. The molecule has 4 rings (SSSR count). The molecule has 1 amide bonds. The molecule has 0 saturated carbocycles. The van der Waals surface area contributed by atoms with Crippen LogP contribution in [0.25, 0.3) is 10.2 Å². The predicted molar refractivity (Wildman–Crippen MR) is 121 cm³/mol. The monoisotopic (exact) mass is 477 g/mol. The fourth-order valence-electron chi connectivity index (χ4n) is 3.83. The summed E-state index contributed by atoms with van der Waals surface area (Å²) >= 11 is 1.23. The maximum atomic E-state index is 13.6. The molecule has 2 heterocycles. The Morgan fingerprint density at radius 2 is 1.81 bits per heavy atom. The van der Waals surface area contributed by atoms with E-state index >= 15 is 0 Å². The molecule has 2 unspecified atom stereocenters. The van der Waals surface area contributed by atoms with E-state index in [1.54, 1.807) is 6.07 Å². The Bertz CT molecular complexity index is 1320. The van der Waals surface area contributed by atoms with Crippen molar-refractivity contribution >= 4 is 37.5 Å². The third-order valence-corrected chi connectivity index (χ3v) is 8.17. The molecule has 1 aromatic heterocycles. The van der Waals surface area contributed by atoms with Gasteiger partial charge in [-0.15, -0.1) is 0 Å². The van der Waals surface area contributed by atoms with E-state index < -0.39 is 15.9 Å². The molecular weight excluding hydrogens is 453 g/mol. The molecule has 0 spiro atoms. The number of aromatic nitrogens is 1. The van der Waals surface area contributed by atoms with Gasteiger partial charge in [0.15, 0.2) is 4.80 Å². The maximum Gasteiger partial charge on any atom is 0.279 e. The first kappa shape index (κ1) is 22.8. The lowest BCUT2D eigenvalue weighted by atomic mass is 10.2. The van der Waals surface area contributed by atoms with Gasteiger partial charge in [-0.1, -0.05) is 11.3 Å². The van der Waals surface area contributed by atoms with E-state index in [9.17, 15) is 17.6 Å². The number of fused-ring (bicyclic) bond motifs is 1. The first-order valence-electron chi connectivity index (χ1n) is 10.3. The molecule has 1 saturated heterocycles. The summed E-state index contributed by atoms with van der Waals surface area (Å²) < 4.78 is 49.1. The van der Waals surface area contributed by atoms with E-state index in [2.05, 4.69) is 4.99 Å². The van der Waals surface area contributed by atoms with E-state index in [4.69, 9.17) is 4.74 Å². The van der Waals surface area contributed by atoms with Gasteiger partial charge in [-0.2, -0.15) is 9.30 Å². The predicted octanol–water partition coefficient (Wildman–Crippen LogP) is 3.40. The number of sulfonamides is 1. The van der Waals surface area contributed by atoms with Crippen LogP contribution in [0.5, 0.6) is 0 Å². The minimum Gasteiger partial charge on any atom is -0.373 e. The Labute approximate surface area is 189 Å². The van der Waals surface area contributed by atoms with Crippen LogP contribution in [0.3, 0.4) is 0 Å². The third-order valence-electron chi connectivity index (χ3n) is 5.28. The van der Waals surface area contributed by atoms with Crippen molar-refractivity contribution in [2.45, 2.75) is 44.4 Å². The SMILES string of the molecule is CCn1c(=NC(=O)c2ccc(S(=O)(=O)N3CC(C)OC(C)C3)cc2)sc2cc(F)ccc21. The van der Waals surface area contributed by atoms with Crippen molar-refractivity contribution in [3.8, 4) is 0 Å². The second-order valence-corrected chi connectivity index (χ2v) is 10.7. The van der Waals surface area contributed by atoms with E-state index in [-0.39, 0.29) is 41.6 Å². The highest BCUT2D eigenvalue weighted by atomic mass is 32.2. The molecule has 7 nitrogen and oxygen atoms in total. The number of hydrogen-bond donors (Lipinski definition) is 0. The quantitative estimate of drug-likeness (QED) is 0.577. The standard InChI is InChI=1S/C22H24FN3O4S2/c1-4-26-19-10-7-17(23)11-20(19)31-22(26)24-21(27)16-5-8-18(9-6-16)32(28,29)25-12-14(2)30-15(3)13-25/h5-11,14-15H,4,12-13H2,1-3H3. The number of thiazole rings is 1. The number of hydrogen-bond acceptors (Lipinski definition) is 5. The minimum absolute atomic E-state index is 0.122. The molecule has 2 atom stereocenters. The van der Waals surface area contributed by atoms with Crippen molar-refractivity contribution in [3.63, 3.8) is 0 Å². The Kier molecular flexibility index (Phi) is 6.30. The van der Waals surface area contributed by atoms with Gasteiger partial charge >= 0.3 is 0 Å². The number of carbonyl (C=O) groups is 1. The van der Waals surface area contributed by atoms with Gasteiger partial charge in [0.1, 0.15) is 5.82 Å². The number of ether oxygens (including phenoxy) is 1. The van der Waals surface area contributed by atoms with Gasteiger partial charge in [-0.25, -0.2) is 12.8 Å². The van der Waals surface area contributed by atoms with Crippen molar-refractivity contribution in [1.29, 1.82) is 0 Å². The van der Waals surface area contributed by atoms with E-state index in [1.807, 2.05) is 25.3 Å². The average molecular weight is 478 g/mol. The first-order valence-corrected chi connectivity index (χ1v) is 12.6. The Morgan fingerprint density at radius 1 is 1.16 bits per heavy atom. The topological polar surface area (TPSA) is 81.0 Å². The Morgan fingerprint density at radius 3 is 2.44 bits per heavy atom. The van der Waals surface area contributed by atoms with Crippen LogP contribution in [0.2, 0.25) is 0 Å². The number of carbonyl (C=O) groups excluding carboxylic acids is 1. The highest BCUT2D eigenvalue weighted by molar-refractivity contribution is 7.89. The smallest absolute Gasteiger partial charge is 0.279 e. The van der Waals surface area contributed by atoms with Gasteiger partial charge in [0.25, 0.3) is 5.91 Å². The summed E-state index contributed by atoms with van der Waals surface area (Å²) in [5, 5.41) is 0. The average Bonchev–Trinajstić information content (AvgIpc) is 3.08. The fraction of sp³-hybridized carbons (Fsp3) is 0.364. The highest BCUT2D eigenvalue weighted by Crippen LogP contribution is 2.22. The van der Waals surface area contributed by atoms with Crippen LogP contribution >= 0.6 is 11.3 Å². The maximum absolute atomic E-state index is 13.6. The molecule has 10 heteroatoms. The molecule has 32 heavy (non-hydrogen) atoms. The number of benzene rings is 2. The second kappa shape index (κ2) is 8.86. The van der Waals surface area contributed by atoms with Crippen LogP contribution in [-0.2, 0) is 21.3 Å². The Balaban J connectivity index is 1.62. The zero-order chi connectivity index (χ0) is 23.0. The fourth-order valence-corrected chi connectivity index (χ4v) is 6.54. The molecule has 0 radical (unpaired) electrons. The van der Waals surface area contributed by atoms with Crippen molar-refractivity contribution < 1.29 is 22.3 Å². The highest BCUT2D eigenvalue weighted by Gasteiger charge is 2.32. The van der Waals surface area contributed by atoms with Gasteiger partial charge in [-0.3, -0.25) is 4.79 Å². The zero-order valence-electron chi connectivity index (χ0n) is 18.0. The van der Waals surface area contributed by atoms with Crippen molar-refractivity contribution in [2.75, 3.05) is 13.1 Å². The summed E-state index contributed by atoms with van der Waals surface area (Å²) in [6.45, 7) is 6.74. The molecular formula is C22H24FN3O4S2. The van der Waals surface area contributed by atoms with Gasteiger partial charge in [0, 0.05) is 25.2 Å². The molecule has 0 aliphatic carbocycles. The lowest BCUT2D eigenvalue weighted by Gasteiger charge is -2.34. The normalized spacial score (nSPS) is 20.7. The van der Waals surface area contributed by atoms with E-state index in [0.717, 1.165) is 5.52 Å². The van der Waals surface area contributed by atoms with Crippen LogP contribution in [0.15, 0.2) is 52.4 Å². The molecule has 0 N–H and O–H groups in total. The third kappa shape index (κ3) is 4.40. The number of morpholine rings is 1. The van der Waals surface area contributed by atoms with Crippen LogP contribution < -0.4 is 4.80 Å². The summed E-state index contributed by atoms with van der Waals surface area (Å²) in [6, 6.07) is 10.3. The van der Waals surface area contributed by atoms with Gasteiger partial charge in [0.2, 0.25) is 10.0 Å². The lowest BCUT2D eigenvalue weighted by Crippen LogP contribution is -2.48. The summed E-state index contributed by atoms with van der Waals surface area (Å²) in [5.74, 6) is -0.836. The zero-order valence-corrected chi connectivity index (χ0v) is 19.6. The number of rotatable bonds is 4. The van der Waals surface area contributed by atoms with Crippen LogP contribution in [0, 0.1) is 5.82 Å². The number of nitrogens with zero attached hydrogens (tertiary/aromatic N) is 3. The van der Waals surface area contributed by atoms with Gasteiger partial charge in [-0.05, 0) is 63.2 Å². The Hall–Kier alpha value is -2.40. The molecule has 1 aliphatic rings.